The Kier molecular flexibility index (Phi) is 4.40. The second-order valence-electron chi connectivity index (χ2n) is 4.43. The van der Waals surface area contributed by atoms with Crippen LogP contribution in [0.15, 0.2) is 0 Å². The summed E-state index contributed by atoms with van der Waals surface area (Å²) in [6, 6.07) is 0. The molecule has 0 aromatic rings. The van der Waals surface area contributed by atoms with Crippen LogP contribution in [-0.2, 0) is 14.9 Å². The van der Waals surface area contributed by atoms with Gasteiger partial charge < -0.3 is 4.90 Å². The summed E-state index contributed by atoms with van der Waals surface area (Å²) in [5.41, 5.74) is -0.804. The molecular formula is C9H17ClN2O4S. The largest absolute Gasteiger partial charge is 0.343 e. The van der Waals surface area contributed by atoms with E-state index in [9.17, 15) is 13.2 Å². The molecule has 0 aliphatic carbocycles. The summed E-state index contributed by atoms with van der Waals surface area (Å²) in [5, 5.41) is 0. The molecule has 1 rings (SSSR count). The number of likely N-dealkylation sites (tertiary alicyclic amines) is 1. The van der Waals surface area contributed by atoms with Crippen molar-refractivity contribution >= 4 is 27.8 Å². The van der Waals surface area contributed by atoms with Crippen LogP contribution in [0.3, 0.4) is 0 Å². The highest BCUT2D eigenvalue weighted by atomic mass is 35.5. The zero-order chi connectivity index (χ0) is 13.3. The molecule has 0 unspecified atom stereocenters. The van der Waals surface area contributed by atoms with Gasteiger partial charge in [-0.15, -0.1) is 0 Å². The fraction of sp³-hybridized carbons (Fsp3) is 0.889. The Hall–Kier alpha value is -0.370. The van der Waals surface area contributed by atoms with Gasteiger partial charge in [-0.05, 0) is 24.6 Å². The Labute approximate surface area is 106 Å². The molecule has 1 saturated heterocycles. The minimum Gasteiger partial charge on any atom is -0.343 e. The molecule has 0 saturated carbocycles. The normalized spacial score (nSPS) is 20.6. The van der Waals surface area contributed by atoms with Crippen molar-refractivity contribution in [2.45, 2.75) is 25.3 Å². The molecule has 8 heteroatoms. The first-order chi connectivity index (χ1) is 7.66. The van der Waals surface area contributed by atoms with Crippen LogP contribution in [-0.4, -0.2) is 59.6 Å². The summed E-state index contributed by atoms with van der Waals surface area (Å²) in [7, 11) is -2.53. The lowest BCUT2D eigenvalue weighted by Gasteiger charge is -2.43. The van der Waals surface area contributed by atoms with E-state index >= 15 is 0 Å². The molecule has 0 radical (unpaired) electrons. The molecule has 1 N–H and O–H groups in total. The highest BCUT2D eigenvalue weighted by Crippen LogP contribution is 2.30. The molecule has 0 aromatic heterocycles. The first-order valence-electron chi connectivity index (χ1n) is 5.27. The molecule has 17 heavy (non-hydrogen) atoms. The second kappa shape index (κ2) is 5.09. The lowest BCUT2D eigenvalue weighted by Crippen LogP contribution is -2.55. The zero-order valence-corrected chi connectivity index (χ0v) is 11.5. The number of hydrogen-bond donors (Lipinski definition) is 1. The van der Waals surface area contributed by atoms with Crippen molar-refractivity contribution in [2.75, 3.05) is 25.9 Å². The summed E-state index contributed by atoms with van der Waals surface area (Å²) in [4.78, 5) is 12.8. The molecule has 100 valence electrons. The first kappa shape index (κ1) is 14.7. The van der Waals surface area contributed by atoms with Gasteiger partial charge in [0.2, 0.25) is 5.91 Å². The fourth-order valence-corrected chi connectivity index (χ4v) is 3.58. The van der Waals surface area contributed by atoms with Gasteiger partial charge >= 0.3 is 0 Å². The minimum absolute atomic E-state index is 0.0392. The van der Waals surface area contributed by atoms with Crippen LogP contribution in [0.5, 0.6) is 0 Å². The number of rotatable bonds is 3. The minimum atomic E-state index is -4.09. The summed E-state index contributed by atoms with van der Waals surface area (Å²) >= 11 is 5.90. The van der Waals surface area contributed by atoms with E-state index < -0.39 is 21.4 Å². The van der Waals surface area contributed by atoms with Crippen LogP contribution in [0.2, 0.25) is 0 Å². The van der Waals surface area contributed by atoms with Crippen molar-refractivity contribution in [3.05, 3.63) is 0 Å². The highest BCUT2D eigenvalue weighted by Gasteiger charge is 2.41. The van der Waals surface area contributed by atoms with Crippen LogP contribution in [0.1, 0.15) is 19.8 Å². The quantitative estimate of drug-likeness (QED) is 0.597. The average Bonchev–Trinajstić information content (AvgIpc) is 2.15. The molecular weight excluding hydrogens is 268 g/mol. The molecule has 6 nitrogen and oxygen atoms in total. The molecule has 1 heterocycles. The number of piperidine rings is 1. The van der Waals surface area contributed by atoms with E-state index in [2.05, 4.69) is 0 Å². The summed E-state index contributed by atoms with van der Waals surface area (Å²) in [5.74, 6) is -0.450. The van der Waals surface area contributed by atoms with E-state index in [-0.39, 0.29) is 5.91 Å². The number of amides is 1. The number of carbonyl (C=O) groups excluding carboxylic acids is 1. The summed E-state index contributed by atoms with van der Waals surface area (Å²) < 4.78 is 32.3. The Morgan fingerprint density at radius 1 is 1.47 bits per heavy atom. The molecule has 1 amide bonds. The molecule has 1 fully saturated rings. The molecule has 1 aliphatic heterocycles. The van der Waals surface area contributed by atoms with Crippen molar-refractivity contribution < 1.29 is 17.8 Å². The van der Waals surface area contributed by atoms with Crippen LogP contribution in [0.4, 0.5) is 0 Å². The second-order valence-corrected chi connectivity index (χ2v) is 6.39. The number of carbonyl (C=O) groups is 1. The Morgan fingerprint density at radius 3 is 2.24 bits per heavy atom. The van der Waals surface area contributed by atoms with Gasteiger partial charge in [0.1, 0.15) is 0 Å². The maximum absolute atomic E-state index is 11.2. The molecule has 0 atom stereocenters. The van der Waals surface area contributed by atoms with Crippen molar-refractivity contribution in [1.82, 2.24) is 9.32 Å². The third-order valence-electron chi connectivity index (χ3n) is 3.24. The van der Waals surface area contributed by atoms with Crippen LogP contribution >= 0.6 is 11.8 Å². The summed E-state index contributed by atoms with van der Waals surface area (Å²) in [6.45, 7) is 2.37. The van der Waals surface area contributed by atoms with Gasteiger partial charge in [0.15, 0.2) is 0 Å². The average molecular weight is 285 g/mol. The summed E-state index contributed by atoms with van der Waals surface area (Å²) in [6.07, 6.45) is 0.846. The number of hydrogen-bond acceptors (Lipinski definition) is 4. The predicted octanol–water partition coefficient (Wildman–Crippen LogP) is 0.341. The van der Waals surface area contributed by atoms with Crippen LogP contribution in [0, 0.1) is 0 Å². The molecule has 0 aromatic carbocycles. The van der Waals surface area contributed by atoms with Crippen LogP contribution in [0.25, 0.3) is 0 Å². The van der Waals surface area contributed by atoms with E-state index in [0.29, 0.717) is 25.9 Å². The van der Waals surface area contributed by atoms with E-state index in [1.807, 2.05) is 0 Å². The van der Waals surface area contributed by atoms with Crippen molar-refractivity contribution in [3.8, 4) is 0 Å². The van der Waals surface area contributed by atoms with Crippen molar-refractivity contribution in [3.63, 3.8) is 0 Å². The Balaban J connectivity index is 2.81. The highest BCUT2D eigenvalue weighted by molar-refractivity contribution is 7.85. The Morgan fingerprint density at radius 2 is 1.94 bits per heavy atom. The molecule has 0 bridgehead atoms. The lowest BCUT2D eigenvalue weighted by molar-refractivity contribution is -0.130. The van der Waals surface area contributed by atoms with Gasteiger partial charge in [0, 0.05) is 27.1 Å². The number of halogens is 1. The number of nitrogens with zero attached hydrogens (tertiary/aromatic N) is 2. The van der Waals surface area contributed by atoms with E-state index in [0.717, 1.165) is 0 Å². The fourth-order valence-electron chi connectivity index (χ4n) is 2.12. The standard InChI is InChI=1S/C9H17ClN2O4S/c1-8(13)12-5-3-9(4-6-12,11(2)10)7-17(14,15)16/h3-7H2,1-2H3,(H,14,15,16). The third-order valence-corrected chi connectivity index (χ3v) is 4.50. The maximum atomic E-state index is 11.2. The van der Waals surface area contributed by atoms with Crippen LogP contribution < -0.4 is 0 Å². The topological polar surface area (TPSA) is 77.9 Å². The third kappa shape index (κ3) is 3.80. The zero-order valence-electron chi connectivity index (χ0n) is 9.89. The van der Waals surface area contributed by atoms with E-state index in [1.165, 1.54) is 11.3 Å². The van der Waals surface area contributed by atoms with E-state index in [1.54, 1.807) is 11.9 Å². The predicted molar refractivity (Wildman–Crippen MR) is 64.3 cm³/mol. The SMILES string of the molecule is CC(=O)N1CCC(CS(=O)(=O)O)(N(C)Cl)CC1. The molecule has 1 aliphatic rings. The van der Waals surface area contributed by atoms with Gasteiger partial charge in [-0.25, -0.2) is 4.42 Å². The van der Waals surface area contributed by atoms with Gasteiger partial charge in [-0.3, -0.25) is 9.35 Å². The van der Waals surface area contributed by atoms with Gasteiger partial charge in [-0.1, -0.05) is 0 Å². The van der Waals surface area contributed by atoms with Crippen molar-refractivity contribution in [2.24, 2.45) is 0 Å². The Bertz CT molecular complexity index is 388. The van der Waals surface area contributed by atoms with Gasteiger partial charge in [0.05, 0.1) is 11.3 Å². The van der Waals surface area contributed by atoms with Crippen molar-refractivity contribution in [1.29, 1.82) is 0 Å². The smallest absolute Gasteiger partial charge is 0.266 e. The van der Waals surface area contributed by atoms with Gasteiger partial charge in [0.25, 0.3) is 10.1 Å². The van der Waals surface area contributed by atoms with Gasteiger partial charge in [-0.2, -0.15) is 8.42 Å². The lowest BCUT2D eigenvalue weighted by atomic mass is 9.89. The molecule has 0 spiro atoms. The maximum Gasteiger partial charge on any atom is 0.266 e. The first-order valence-corrected chi connectivity index (χ1v) is 7.21. The van der Waals surface area contributed by atoms with E-state index in [4.69, 9.17) is 16.3 Å². The monoisotopic (exact) mass is 284 g/mol.